The quantitative estimate of drug-likeness (QED) is 0.157. The van der Waals surface area contributed by atoms with Gasteiger partial charge in [-0.3, -0.25) is 4.74 Å². The monoisotopic (exact) mass is 652 g/mol. The molecule has 2 N–H and O–H groups in total. The van der Waals surface area contributed by atoms with Crippen molar-refractivity contribution in [2.75, 3.05) is 5.73 Å². The number of anilines is 1. The SMILES string of the molecule is N#Cc1cccc(Br)c1N.N#Cc1cccc(Br)c1N=P(c1ccccc1)(c1ccccc1)c1ccccc1. The Kier molecular flexibility index (Phi) is 9.53. The number of nitrogens with zero attached hydrogens (tertiary/aromatic N) is 3. The van der Waals surface area contributed by atoms with Crippen LogP contribution < -0.4 is 21.6 Å². The Bertz CT molecular complexity index is 1610. The molecule has 0 spiro atoms. The third-order valence-electron chi connectivity index (χ3n) is 5.92. The molecule has 0 heterocycles. The van der Waals surface area contributed by atoms with Crippen molar-refractivity contribution in [3.8, 4) is 12.1 Å². The summed E-state index contributed by atoms with van der Waals surface area (Å²) >= 11 is 6.84. The van der Waals surface area contributed by atoms with Crippen LogP contribution in [0.1, 0.15) is 11.1 Å². The molecule has 4 nitrogen and oxygen atoms in total. The Balaban J connectivity index is 0.000000298. The third-order valence-corrected chi connectivity index (χ3v) is 10.9. The van der Waals surface area contributed by atoms with Crippen LogP contribution in [0, 0.1) is 22.7 Å². The maximum atomic E-state index is 9.73. The Hall–Kier alpha value is -3.93. The van der Waals surface area contributed by atoms with E-state index in [1.165, 1.54) is 0 Å². The van der Waals surface area contributed by atoms with E-state index in [1.54, 1.807) is 18.2 Å². The summed E-state index contributed by atoms with van der Waals surface area (Å²) in [5, 5.41) is 21.7. The summed E-state index contributed by atoms with van der Waals surface area (Å²) in [6.07, 6.45) is 0. The van der Waals surface area contributed by atoms with Crippen LogP contribution in [0.15, 0.2) is 141 Å². The van der Waals surface area contributed by atoms with Crippen LogP contribution in [0.3, 0.4) is 0 Å². The van der Waals surface area contributed by atoms with Crippen molar-refractivity contribution in [3.63, 3.8) is 0 Å². The molecule has 0 aliphatic carbocycles. The van der Waals surface area contributed by atoms with Crippen LogP contribution in [0.2, 0.25) is 0 Å². The van der Waals surface area contributed by atoms with Crippen LogP contribution in [-0.2, 0) is 0 Å². The highest BCUT2D eigenvalue weighted by atomic mass is 79.9. The highest BCUT2D eigenvalue weighted by Gasteiger charge is 2.28. The molecule has 0 unspecified atom stereocenters. The molecule has 39 heavy (non-hydrogen) atoms. The van der Waals surface area contributed by atoms with Gasteiger partial charge in [0.25, 0.3) is 0 Å². The van der Waals surface area contributed by atoms with E-state index in [0.29, 0.717) is 22.5 Å². The van der Waals surface area contributed by atoms with E-state index in [4.69, 9.17) is 15.7 Å². The molecule has 0 fully saturated rings. The van der Waals surface area contributed by atoms with Gasteiger partial charge in [0.15, 0.2) is 0 Å². The van der Waals surface area contributed by atoms with Gasteiger partial charge >= 0.3 is 0 Å². The summed E-state index contributed by atoms with van der Waals surface area (Å²) in [6, 6.07) is 46.4. The molecule has 0 atom stereocenters. The number of rotatable bonds is 4. The first kappa shape index (κ1) is 28.1. The molecule has 0 amide bonds. The third kappa shape index (κ3) is 6.22. The van der Waals surface area contributed by atoms with E-state index in [2.05, 4.69) is 111 Å². The van der Waals surface area contributed by atoms with E-state index in [0.717, 1.165) is 24.9 Å². The lowest BCUT2D eigenvalue weighted by Gasteiger charge is -2.27. The molecule has 5 rings (SSSR count). The second-order valence-corrected chi connectivity index (χ2v) is 13.0. The van der Waals surface area contributed by atoms with Crippen LogP contribution in [0.5, 0.6) is 0 Å². The average molecular weight is 654 g/mol. The number of para-hydroxylation sites is 1. The zero-order valence-corrected chi connectivity index (χ0v) is 24.8. The second-order valence-electron chi connectivity index (χ2n) is 8.30. The molecule has 0 radical (unpaired) electrons. The number of halogens is 2. The van der Waals surface area contributed by atoms with Crippen molar-refractivity contribution in [2.45, 2.75) is 0 Å². The summed E-state index contributed by atoms with van der Waals surface area (Å²) in [6.45, 7) is 0. The smallest absolute Gasteiger partial charge is 0.101 e. The maximum Gasteiger partial charge on any atom is 0.101 e. The number of hydrogen-bond donors (Lipinski definition) is 1. The van der Waals surface area contributed by atoms with Gasteiger partial charge in [0.1, 0.15) is 12.1 Å². The van der Waals surface area contributed by atoms with Gasteiger partial charge in [0, 0.05) is 24.9 Å². The fourth-order valence-electron chi connectivity index (χ4n) is 4.04. The van der Waals surface area contributed by atoms with Gasteiger partial charge in [-0.05, 0) is 56.1 Å². The van der Waals surface area contributed by atoms with E-state index in [9.17, 15) is 5.26 Å². The standard InChI is InChI=1S/C25H18BrN2P.C7H5BrN2/c26-24-18-10-11-20(19-27)25(24)28-29(21-12-4-1-5-13-21,22-14-6-2-7-15-22)23-16-8-3-9-17-23;8-6-3-1-2-5(4-9)7(6)10/h1-18H;1-3H,10H2. The minimum absolute atomic E-state index is 0.505. The summed E-state index contributed by atoms with van der Waals surface area (Å²) in [5.74, 6) is 0. The largest absolute Gasteiger partial charge is 0.397 e. The minimum Gasteiger partial charge on any atom is -0.397 e. The van der Waals surface area contributed by atoms with Gasteiger partial charge in [0.05, 0.1) is 29.6 Å². The Morgan fingerprint density at radius 2 is 0.949 bits per heavy atom. The van der Waals surface area contributed by atoms with Crippen molar-refractivity contribution < 1.29 is 0 Å². The highest BCUT2D eigenvalue weighted by Crippen LogP contribution is 2.51. The lowest BCUT2D eigenvalue weighted by atomic mass is 10.2. The molecule has 0 saturated carbocycles. The molecule has 0 aliphatic heterocycles. The lowest BCUT2D eigenvalue weighted by molar-refractivity contribution is 1.43. The number of benzene rings is 5. The predicted octanol–water partition coefficient (Wildman–Crippen LogP) is 8.03. The normalized spacial score (nSPS) is 10.4. The summed E-state index contributed by atoms with van der Waals surface area (Å²) in [7, 11) is -2.40. The Morgan fingerprint density at radius 1 is 0.538 bits per heavy atom. The number of nitrogens with two attached hydrogens (primary N) is 1. The van der Waals surface area contributed by atoms with Crippen LogP contribution in [0.4, 0.5) is 11.4 Å². The molecule has 190 valence electrons. The minimum atomic E-state index is -2.40. The molecule has 5 aromatic rings. The lowest BCUT2D eigenvalue weighted by Crippen LogP contribution is -2.25. The topological polar surface area (TPSA) is 86.0 Å². The molecule has 0 aliphatic rings. The predicted molar refractivity (Wildman–Crippen MR) is 169 cm³/mol. The summed E-state index contributed by atoms with van der Waals surface area (Å²) < 4.78 is 7.01. The average Bonchev–Trinajstić information content (AvgIpc) is 2.99. The molecule has 5 aromatic carbocycles. The summed E-state index contributed by atoms with van der Waals surface area (Å²) in [5.41, 5.74) is 7.79. The molecule has 0 bridgehead atoms. The van der Waals surface area contributed by atoms with Crippen molar-refractivity contribution in [2.24, 2.45) is 4.74 Å². The number of nitrogen functional groups attached to an aromatic ring is 1. The number of nitriles is 2. The number of hydrogen-bond acceptors (Lipinski definition) is 4. The summed E-state index contributed by atoms with van der Waals surface area (Å²) in [4.78, 5) is 0. The van der Waals surface area contributed by atoms with Gasteiger partial charge in [0.2, 0.25) is 0 Å². The van der Waals surface area contributed by atoms with E-state index < -0.39 is 7.05 Å². The van der Waals surface area contributed by atoms with Crippen LogP contribution in [-0.4, -0.2) is 0 Å². The van der Waals surface area contributed by atoms with Crippen LogP contribution >= 0.6 is 38.9 Å². The van der Waals surface area contributed by atoms with E-state index in [1.807, 2.05) is 42.5 Å². The molecular formula is C32H23Br2N4P. The first-order chi connectivity index (χ1) is 19.0. The van der Waals surface area contributed by atoms with E-state index >= 15 is 0 Å². The zero-order valence-electron chi connectivity index (χ0n) is 20.7. The van der Waals surface area contributed by atoms with Crippen molar-refractivity contribution in [1.82, 2.24) is 0 Å². The maximum absolute atomic E-state index is 9.73. The van der Waals surface area contributed by atoms with Gasteiger partial charge in [-0.1, -0.05) is 103 Å². The molecule has 7 heteroatoms. The van der Waals surface area contributed by atoms with Gasteiger partial charge < -0.3 is 5.73 Å². The first-order valence-electron chi connectivity index (χ1n) is 11.9. The van der Waals surface area contributed by atoms with Gasteiger partial charge in [-0.25, -0.2) is 0 Å². The van der Waals surface area contributed by atoms with Crippen molar-refractivity contribution in [1.29, 1.82) is 10.5 Å². The van der Waals surface area contributed by atoms with E-state index in [-0.39, 0.29) is 0 Å². The molecule has 0 aromatic heterocycles. The fraction of sp³-hybridized carbons (Fsp3) is 0. The van der Waals surface area contributed by atoms with Crippen LogP contribution in [0.25, 0.3) is 0 Å². The Labute approximate surface area is 245 Å². The second kappa shape index (κ2) is 13.2. The molecule has 0 saturated heterocycles. The van der Waals surface area contributed by atoms with Gasteiger partial charge in [-0.2, -0.15) is 10.5 Å². The van der Waals surface area contributed by atoms with Crippen molar-refractivity contribution in [3.05, 3.63) is 147 Å². The van der Waals surface area contributed by atoms with Gasteiger partial charge in [-0.15, -0.1) is 0 Å². The molecular weight excluding hydrogens is 631 g/mol. The Morgan fingerprint density at radius 3 is 1.36 bits per heavy atom. The fourth-order valence-corrected chi connectivity index (χ4v) is 8.57. The van der Waals surface area contributed by atoms with Crippen molar-refractivity contribution >= 4 is 66.2 Å². The first-order valence-corrected chi connectivity index (χ1v) is 15.3. The zero-order chi connectivity index (χ0) is 27.7. The highest BCUT2D eigenvalue weighted by molar-refractivity contribution is 9.11.